The molecule has 3 aliphatic rings. The minimum Gasteiger partial charge on any atom is -0.493 e. The van der Waals surface area contributed by atoms with E-state index in [1.807, 2.05) is 0 Å². The predicted octanol–water partition coefficient (Wildman–Crippen LogP) is 3.68. The molecule has 0 saturated carbocycles. The van der Waals surface area contributed by atoms with E-state index in [1.165, 1.54) is 11.6 Å². The Labute approximate surface area is 194 Å². The van der Waals surface area contributed by atoms with Crippen LogP contribution in [0.5, 0.6) is 5.75 Å². The predicted molar refractivity (Wildman–Crippen MR) is 116 cm³/mol. The van der Waals surface area contributed by atoms with Gasteiger partial charge >= 0.3 is 12.2 Å². The van der Waals surface area contributed by atoms with Crippen LogP contribution in [0.15, 0.2) is 36.5 Å². The molecule has 1 N–H and O–H groups in total. The number of halogens is 3. The summed E-state index contributed by atoms with van der Waals surface area (Å²) in [6.45, 7) is 3.96. The topological polar surface area (TPSA) is 74.8 Å². The van der Waals surface area contributed by atoms with Crippen LogP contribution in [0.25, 0.3) is 0 Å². The first-order valence-electron chi connectivity index (χ1n) is 11.3. The van der Waals surface area contributed by atoms with Gasteiger partial charge in [-0.1, -0.05) is 18.2 Å². The Morgan fingerprint density at radius 2 is 1.94 bits per heavy atom. The van der Waals surface area contributed by atoms with Crippen LogP contribution < -0.4 is 10.1 Å². The fraction of sp³-hybridized carbons (Fsp3) is 0.458. The third kappa shape index (κ3) is 4.00. The van der Waals surface area contributed by atoms with Crippen molar-refractivity contribution in [3.8, 4) is 5.75 Å². The molecule has 2 aromatic rings. The third-order valence-electron chi connectivity index (χ3n) is 7.10. The minimum absolute atomic E-state index is 0.118. The largest absolute Gasteiger partial charge is 0.493 e. The molecule has 2 saturated heterocycles. The zero-order chi connectivity index (χ0) is 24.1. The van der Waals surface area contributed by atoms with E-state index in [2.05, 4.69) is 40.3 Å². The van der Waals surface area contributed by atoms with Gasteiger partial charge in [0, 0.05) is 31.7 Å². The molecule has 0 aliphatic carbocycles. The molecular formula is C24H25F3N4O3. The number of benzene rings is 1. The van der Waals surface area contributed by atoms with Crippen molar-refractivity contribution in [1.82, 2.24) is 20.1 Å². The van der Waals surface area contributed by atoms with E-state index in [1.54, 1.807) is 0 Å². The van der Waals surface area contributed by atoms with Gasteiger partial charge in [-0.05, 0) is 48.6 Å². The summed E-state index contributed by atoms with van der Waals surface area (Å²) in [5.74, 6) is 0.597. The number of aromatic nitrogens is 1. The highest BCUT2D eigenvalue weighted by Crippen LogP contribution is 2.36. The summed E-state index contributed by atoms with van der Waals surface area (Å²) in [5.41, 5.74) is 0.735. The van der Waals surface area contributed by atoms with Gasteiger partial charge in [-0.25, -0.2) is 4.79 Å². The quantitative estimate of drug-likeness (QED) is 0.685. The summed E-state index contributed by atoms with van der Waals surface area (Å²) >= 11 is 0. The molecule has 5 rings (SSSR count). The second-order valence-electron chi connectivity index (χ2n) is 9.13. The van der Waals surface area contributed by atoms with Gasteiger partial charge in [0.25, 0.3) is 5.91 Å². The molecule has 34 heavy (non-hydrogen) atoms. The Bertz CT molecular complexity index is 1110. The maximum Gasteiger partial charge on any atom is 0.433 e. The number of carbonyl (C=O) groups is 2. The van der Waals surface area contributed by atoms with Crippen LogP contribution in [0.1, 0.15) is 48.2 Å². The number of pyridine rings is 1. The lowest BCUT2D eigenvalue weighted by Gasteiger charge is -2.40. The molecule has 3 amide bonds. The molecule has 1 spiro atoms. The van der Waals surface area contributed by atoms with Gasteiger partial charge in [-0.2, -0.15) is 13.2 Å². The zero-order valence-electron chi connectivity index (χ0n) is 18.7. The number of nitrogens with one attached hydrogen (secondary N) is 1. The van der Waals surface area contributed by atoms with Crippen LogP contribution in [0.4, 0.5) is 18.0 Å². The van der Waals surface area contributed by atoms with Crippen molar-refractivity contribution in [2.45, 2.75) is 50.5 Å². The van der Waals surface area contributed by atoms with Crippen molar-refractivity contribution in [2.75, 3.05) is 19.7 Å². The van der Waals surface area contributed by atoms with Gasteiger partial charge in [0.1, 0.15) is 17.0 Å². The Morgan fingerprint density at radius 1 is 1.18 bits per heavy atom. The van der Waals surface area contributed by atoms with E-state index >= 15 is 0 Å². The molecule has 10 heteroatoms. The number of likely N-dealkylation sites (tertiary alicyclic amines) is 1. The molecule has 0 unspecified atom stereocenters. The number of urea groups is 1. The number of alkyl halides is 3. The van der Waals surface area contributed by atoms with Crippen molar-refractivity contribution in [3.05, 3.63) is 58.9 Å². The lowest BCUT2D eigenvalue weighted by molar-refractivity contribution is -0.141. The zero-order valence-corrected chi connectivity index (χ0v) is 18.7. The molecular weight excluding hydrogens is 449 g/mol. The van der Waals surface area contributed by atoms with Gasteiger partial charge < -0.3 is 10.1 Å². The summed E-state index contributed by atoms with van der Waals surface area (Å²) in [7, 11) is 0. The highest BCUT2D eigenvalue weighted by molar-refractivity contribution is 6.07. The fourth-order valence-electron chi connectivity index (χ4n) is 4.97. The standard InChI is InChI=1S/C24H25F3N4O3/c1-15(18-4-3-17-6-11-34-19(17)12-18)30-9-7-23(8-10-30)21(32)31(22(33)29-23)14-16-2-5-20(28-13-16)24(25,26)27/h2-5,12-13,15H,6-11,14H2,1H3,(H,29,33)/t15-/m1/s1. The van der Waals surface area contributed by atoms with Crippen LogP contribution in [0, 0.1) is 0 Å². The number of fused-ring (bicyclic) bond motifs is 1. The molecule has 1 atom stereocenters. The molecule has 0 bridgehead atoms. The van der Waals surface area contributed by atoms with Crippen molar-refractivity contribution in [1.29, 1.82) is 0 Å². The number of rotatable bonds is 4. The van der Waals surface area contributed by atoms with Crippen molar-refractivity contribution >= 4 is 11.9 Å². The van der Waals surface area contributed by atoms with Gasteiger partial charge in [0.15, 0.2) is 0 Å². The SMILES string of the molecule is C[C@H](c1ccc2c(c1)OCC2)N1CCC2(CC1)NC(=O)N(Cc1ccc(C(F)(F)F)nc1)C2=O. The lowest BCUT2D eigenvalue weighted by atomic mass is 9.86. The first kappa shape index (κ1) is 22.6. The number of hydrogen-bond acceptors (Lipinski definition) is 5. The maximum absolute atomic E-state index is 13.2. The summed E-state index contributed by atoms with van der Waals surface area (Å²) in [6, 6.07) is 8.01. The molecule has 3 aliphatic heterocycles. The van der Waals surface area contributed by atoms with Crippen molar-refractivity contribution < 1.29 is 27.5 Å². The van der Waals surface area contributed by atoms with E-state index in [0.29, 0.717) is 38.1 Å². The number of nitrogens with zero attached hydrogens (tertiary/aromatic N) is 3. The van der Waals surface area contributed by atoms with E-state index in [0.717, 1.165) is 34.9 Å². The smallest absolute Gasteiger partial charge is 0.433 e. The Hall–Kier alpha value is -3.14. The van der Waals surface area contributed by atoms with Crippen LogP contribution in [-0.4, -0.2) is 52.0 Å². The van der Waals surface area contributed by atoms with Crippen molar-refractivity contribution in [3.63, 3.8) is 0 Å². The average Bonchev–Trinajstić information content (AvgIpc) is 3.37. The summed E-state index contributed by atoms with van der Waals surface area (Å²) in [5, 5.41) is 2.85. The second-order valence-corrected chi connectivity index (χ2v) is 9.13. The number of piperidine rings is 1. The highest BCUT2D eigenvalue weighted by Gasteiger charge is 2.52. The molecule has 1 aromatic carbocycles. The third-order valence-corrected chi connectivity index (χ3v) is 7.10. The molecule has 180 valence electrons. The van der Waals surface area contributed by atoms with E-state index in [-0.39, 0.29) is 18.5 Å². The number of hydrogen-bond donors (Lipinski definition) is 1. The van der Waals surface area contributed by atoms with Crippen molar-refractivity contribution in [2.24, 2.45) is 0 Å². The van der Waals surface area contributed by atoms with Crippen LogP contribution in [0.3, 0.4) is 0 Å². The monoisotopic (exact) mass is 474 g/mol. The van der Waals surface area contributed by atoms with E-state index in [4.69, 9.17) is 4.74 Å². The second kappa shape index (κ2) is 8.26. The number of carbonyl (C=O) groups excluding carboxylic acids is 2. The van der Waals surface area contributed by atoms with Gasteiger partial charge in [0.05, 0.1) is 13.2 Å². The van der Waals surface area contributed by atoms with Gasteiger partial charge in [-0.3, -0.25) is 19.6 Å². The van der Waals surface area contributed by atoms with Gasteiger partial charge in [0.2, 0.25) is 0 Å². The fourth-order valence-corrected chi connectivity index (χ4v) is 4.97. The number of ether oxygens (including phenoxy) is 1. The Kier molecular flexibility index (Phi) is 5.50. The molecule has 7 nitrogen and oxygen atoms in total. The first-order valence-corrected chi connectivity index (χ1v) is 11.3. The van der Waals surface area contributed by atoms with Crippen LogP contribution in [-0.2, 0) is 23.9 Å². The van der Waals surface area contributed by atoms with E-state index in [9.17, 15) is 22.8 Å². The normalized spacial score (nSPS) is 20.9. The molecule has 1 aromatic heterocycles. The summed E-state index contributed by atoms with van der Waals surface area (Å²) in [6.07, 6.45) is -1.63. The maximum atomic E-state index is 13.2. The summed E-state index contributed by atoms with van der Waals surface area (Å²) in [4.78, 5) is 32.6. The molecule has 2 fully saturated rings. The minimum atomic E-state index is -4.54. The summed E-state index contributed by atoms with van der Waals surface area (Å²) < 4.78 is 43.9. The van der Waals surface area contributed by atoms with Gasteiger partial charge in [-0.15, -0.1) is 0 Å². The molecule has 4 heterocycles. The Balaban J connectivity index is 1.23. The van der Waals surface area contributed by atoms with Crippen LogP contribution in [0.2, 0.25) is 0 Å². The number of amides is 3. The Morgan fingerprint density at radius 3 is 2.62 bits per heavy atom. The average molecular weight is 474 g/mol. The van der Waals surface area contributed by atoms with Crippen LogP contribution >= 0.6 is 0 Å². The lowest BCUT2D eigenvalue weighted by Crippen LogP contribution is -2.55. The highest BCUT2D eigenvalue weighted by atomic mass is 19.4. The first-order chi connectivity index (χ1) is 16.2. The van der Waals surface area contributed by atoms with E-state index < -0.39 is 23.4 Å². The molecule has 0 radical (unpaired) electrons. The number of imide groups is 1.